The smallest absolute Gasteiger partial charge is 0.259 e. The molecule has 0 aromatic carbocycles. The summed E-state index contributed by atoms with van der Waals surface area (Å²) in [5.41, 5.74) is 0.285. The van der Waals surface area contributed by atoms with Gasteiger partial charge < -0.3 is 5.32 Å². The third-order valence-electron chi connectivity index (χ3n) is 2.01. The molecule has 0 spiro atoms. The minimum Gasteiger partial charge on any atom is -0.306 e. The predicted octanol–water partition coefficient (Wildman–Crippen LogP) is 3.91. The monoisotopic (exact) mass is 389 g/mol. The molecule has 0 aliphatic heterocycles. The van der Waals surface area contributed by atoms with Crippen molar-refractivity contribution in [3.63, 3.8) is 0 Å². The number of nitrogens with zero attached hydrogens (tertiary/aromatic N) is 2. The highest BCUT2D eigenvalue weighted by Gasteiger charge is 2.12. The molecular formula is C11H6Br2ClN3O. The van der Waals surface area contributed by atoms with Crippen molar-refractivity contribution in [2.24, 2.45) is 0 Å². The number of carbonyl (C=O) groups is 1. The van der Waals surface area contributed by atoms with Crippen LogP contribution in [0, 0.1) is 0 Å². The first kappa shape index (κ1) is 13.5. The van der Waals surface area contributed by atoms with E-state index in [1.165, 1.54) is 6.20 Å². The van der Waals surface area contributed by atoms with Gasteiger partial charge in [-0.1, -0.05) is 27.5 Å². The number of aromatic nitrogens is 2. The van der Waals surface area contributed by atoms with Gasteiger partial charge in [-0.15, -0.1) is 0 Å². The molecular weight excluding hydrogens is 385 g/mol. The van der Waals surface area contributed by atoms with Crippen LogP contribution in [0.1, 0.15) is 10.4 Å². The number of nitrogens with one attached hydrogen (secondary N) is 1. The number of hydrogen-bond donors (Lipinski definition) is 1. The molecule has 0 aliphatic carbocycles. The molecule has 7 heteroatoms. The maximum absolute atomic E-state index is 12.0. The Labute approximate surface area is 125 Å². The summed E-state index contributed by atoms with van der Waals surface area (Å²) in [6.45, 7) is 0. The van der Waals surface area contributed by atoms with Crippen molar-refractivity contribution in [1.29, 1.82) is 0 Å². The van der Waals surface area contributed by atoms with Gasteiger partial charge in [0.25, 0.3) is 5.91 Å². The Balaban J connectivity index is 2.24. The number of hydrogen-bond acceptors (Lipinski definition) is 3. The normalized spacial score (nSPS) is 10.2. The maximum Gasteiger partial charge on any atom is 0.259 e. The first-order chi connectivity index (χ1) is 8.56. The lowest BCUT2D eigenvalue weighted by molar-refractivity contribution is 0.102. The molecule has 0 aliphatic rings. The number of anilines is 1. The molecule has 1 amide bonds. The van der Waals surface area contributed by atoms with Crippen LogP contribution < -0.4 is 5.32 Å². The van der Waals surface area contributed by atoms with Crippen LogP contribution in [0.5, 0.6) is 0 Å². The topological polar surface area (TPSA) is 54.9 Å². The van der Waals surface area contributed by atoms with Gasteiger partial charge in [0.05, 0.1) is 5.56 Å². The molecule has 2 aromatic rings. The third-order valence-corrected chi connectivity index (χ3v) is 3.24. The van der Waals surface area contributed by atoms with Crippen molar-refractivity contribution in [2.45, 2.75) is 0 Å². The van der Waals surface area contributed by atoms with E-state index in [1.54, 1.807) is 24.4 Å². The van der Waals surface area contributed by atoms with E-state index in [1.807, 2.05) is 0 Å². The van der Waals surface area contributed by atoms with Crippen LogP contribution in [-0.4, -0.2) is 15.9 Å². The van der Waals surface area contributed by atoms with Crippen molar-refractivity contribution in [1.82, 2.24) is 9.97 Å². The van der Waals surface area contributed by atoms with Crippen molar-refractivity contribution < 1.29 is 4.79 Å². The second-order valence-electron chi connectivity index (χ2n) is 3.31. The Morgan fingerprint density at radius 3 is 2.72 bits per heavy atom. The summed E-state index contributed by atoms with van der Waals surface area (Å²) in [4.78, 5) is 19.9. The fourth-order valence-electron chi connectivity index (χ4n) is 1.24. The van der Waals surface area contributed by atoms with Crippen LogP contribution in [0.3, 0.4) is 0 Å². The lowest BCUT2D eigenvalue weighted by Gasteiger charge is -2.06. The zero-order chi connectivity index (χ0) is 13.1. The Morgan fingerprint density at radius 2 is 2.00 bits per heavy atom. The lowest BCUT2D eigenvalue weighted by Crippen LogP contribution is -2.14. The maximum atomic E-state index is 12.0. The quantitative estimate of drug-likeness (QED) is 0.790. The first-order valence-electron chi connectivity index (χ1n) is 4.80. The van der Waals surface area contributed by atoms with Gasteiger partial charge >= 0.3 is 0 Å². The number of carbonyl (C=O) groups excluding carboxylic acids is 1. The zero-order valence-corrected chi connectivity index (χ0v) is 12.8. The fourth-order valence-corrected chi connectivity index (χ4v) is 2.09. The Bertz CT molecular complexity index is 607. The molecule has 0 bridgehead atoms. The summed E-state index contributed by atoms with van der Waals surface area (Å²) in [5.74, 6) is 0.0739. The Kier molecular flexibility index (Phi) is 4.31. The SMILES string of the molecule is O=C(Nc1cc(Br)ccn1)c1cc(Br)cnc1Cl. The Morgan fingerprint density at radius 1 is 1.22 bits per heavy atom. The van der Waals surface area contributed by atoms with Crippen molar-refractivity contribution >= 4 is 55.2 Å². The van der Waals surface area contributed by atoms with Gasteiger partial charge in [0.2, 0.25) is 0 Å². The van der Waals surface area contributed by atoms with Crippen LogP contribution in [0.15, 0.2) is 39.5 Å². The van der Waals surface area contributed by atoms with E-state index in [0.717, 1.165) is 4.47 Å². The van der Waals surface area contributed by atoms with Crippen LogP contribution in [0.2, 0.25) is 5.15 Å². The molecule has 4 nitrogen and oxygen atoms in total. The largest absolute Gasteiger partial charge is 0.306 e. The van der Waals surface area contributed by atoms with E-state index >= 15 is 0 Å². The average Bonchev–Trinajstić information content (AvgIpc) is 2.32. The van der Waals surface area contributed by atoms with Crippen molar-refractivity contribution in [2.75, 3.05) is 5.32 Å². The van der Waals surface area contributed by atoms with E-state index < -0.39 is 0 Å². The van der Waals surface area contributed by atoms with Gasteiger partial charge in [0.1, 0.15) is 11.0 Å². The van der Waals surface area contributed by atoms with Crippen LogP contribution in [0.25, 0.3) is 0 Å². The molecule has 0 radical (unpaired) electrons. The molecule has 18 heavy (non-hydrogen) atoms. The van der Waals surface area contributed by atoms with Gasteiger partial charge in [-0.25, -0.2) is 9.97 Å². The molecule has 2 rings (SSSR count). The number of pyridine rings is 2. The van der Waals surface area contributed by atoms with Crippen LogP contribution in [0.4, 0.5) is 5.82 Å². The second-order valence-corrected chi connectivity index (χ2v) is 5.49. The minimum absolute atomic E-state index is 0.144. The number of halogens is 3. The van der Waals surface area contributed by atoms with Gasteiger partial charge in [-0.3, -0.25) is 4.79 Å². The third kappa shape index (κ3) is 3.28. The molecule has 0 unspecified atom stereocenters. The van der Waals surface area contributed by atoms with Crippen LogP contribution >= 0.6 is 43.5 Å². The molecule has 1 N–H and O–H groups in total. The van der Waals surface area contributed by atoms with Crippen molar-refractivity contribution in [3.05, 3.63) is 50.3 Å². The summed E-state index contributed by atoms with van der Waals surface area (Å²) < 4.78 is 1.51. The number of amides is 1. The standard InChI is InChI=1S/C11H6Br2ClN3O/c12-6-1-2-15-9(4-6)17-11(18)8-3-7(13)5-16-10(8)14/h1-5H,(H,15,17,18). The van der Waals surface area contributed by atoms with E-state index in [4.69, 9.17) is 11.6 Å². The average molecular weight is 391 g/mol. The lowest BCUT2D eigenvalue weighted by atomic mass is 10.2. The summed E-state index contributed by atoms with van der Waals surface area (Å²) >= 11 is 12.4. The summed E-state index contributed by atoms with van der Waals surface area (Å²) in [7, 11) is 0. The van der Waals surface area contributed by atoms with E-state index in [0.29, 0.717) is 10.3 Å². The predicted molar refractivity (Wildman–Crippen MR) is 76.8 cm³/mol. The second kappa shape index (κ2) is 5.77. The molecule has 92 valence electrons. The van der Waals surface area contributed by atoms with Gasteiger partial charge in [-0.2, -0.15) is 0 Å². The highest BCUT2D eigenvalue weighted by molar-refractivity contribution is 9.10. The molecule has 2 heterocycles. The fraction of sp³-hybridized carbons (Fsp3) is 0. The molecule has 0 atom stereocenters. The zero-order valence-electron chi connectivity index (χ0n) is 8.82. The van der Waals surface area contributed by atoms with Gasteiger partial charge in [-0.05, 0) is 34.1 Å². The first-order valence-corrected chi connectivity index (χ1v) is 6.76. The molecule has 0 saturated carbocycles. The van der Waals surface area contributed by atoms with Crippen LogP contribution in [-0.2, 0) is 0 Å². The van der Waals surface area contributed by atoms with E-state index in [-0.39, 0.29) is 16.6 Å². The minimum atomic E-state index is -0.362. The summed E-state index contributed by atoms with van der Waals surface area (Å²) in [6.07, 6.45) is 3.11. The van der Waals surface area contributed by atoms with Gasteiger partial charge in [0, 0.05) is 21.3 Å². The molecule has 2 aromatic heterocycles. The Hall–Kier alpha value is -0.980. The molecule has 0 saturated heterocycles. The van der Waals surface area contributed by atoms with Crippen molar-refractivity contribution in [3.8, 4) is 0 Å². The van der Waals surface area contributed by atoms with Gasteiger partial charge in [0.15, 0.2) is 0 Å². The summed E-state index contributed by atoms with van der Waals surface area (Å²) in [5, 5.41) is 2.79. The van der Waals surface area contributed by atoms with E-state index in [9.17, 15) is 4.79 Å². The highest BCUT2D eigenvalue weighted by atomic mass is 79.9. The highest BCUT2D eigenvalue weighted by Crippen LogP contribution is 2.20. The summed E-state index contributed by atoms with van der Waals surface area (Å²) in [6, 6.07) is 5.06. The van der Waals surface area contributed by atoms with E-state index in [2.05, 4.69) is 47.1 Å². The number of rotatable bonds is 2. The molecule has 0 fully saturated rings.